The molecule has 0 heterocycles. The van der Waals surface area contributed by atoms with Crippen LogP contribution in [0.15, 0.2) is 41.9 Å². The van der Waals surface area contributed by atoms with Gasteiger partial charge >= 0.3 is 0 Å². The zero-order valence-corrected chi connectivity index (χ0v) is 11.9. The lowest BCUT2D eigenvalue weighted by Gasteiger charge is -2.10. The first-order chi connectivity index (χ1) is 9.76. The topological polar surface area (TPSA) is 45.7 Å². The summed E-state index contributed by atoms with van der Waals surface area (Å²) >= 11 is 0. The highest BCUT2D eigenvalue weighted by Gasteiger charge is 1.96. The van der Waals surface area contributed by atoms with Crippen LogP contribution in [0.3, 0.4) is 0 Å². The zero-order valence-electron chi connectivity index (χ0n) is 11.9. The number of nitrogens with zero attached hydrogens (tertiary/aromatic N) is 1. The van der Waals surface area contributed by atoms with Crippen molar-refractivity contribution >= 4 is 5.96 Å². The predicted molar refractivity (Wildman–Crippen MR) is 80.7 cm³/mol. The maximum absolute atomic E-state index is 12.7. The molecule has 0 aliphatic carbocycles. The molecule has 0 aliphatic heterocycles. The van der Waals surface area contributed by atoms with Crippen molar-refractivity contribution in [3.05, 3.63) is 42.7 Å². The first-order valence-electron chi connectivity index (χ1n) is 6.70. The maximum atomic E-state index is 12.7. The quantitative estimate of drug-likeness (QED) is 0.332. The second kappa shape index (κ2) is 9.83. The van der Waals surface area contributed by atoms with Gasteiger partial charge in [0.15, 0.2) is 5.96 Å². The third-order valence-corrected chi connectivity index (χ3v) is 2.58. The van der Waals surface area contributed by atoms with E-state index in [-0.39, 0.29) is 5.82 Å². The molecule has 1 aromatic carbocycles. The number of benzene rings is 1. The SMILES string of the molecule is C=CCNC(=NC)NCCCCOc1ccc(F)cc1. The van der Waals surface area contributed by atoms with E-state index in [0.29, 0.717) is 18.9 Å². The van der Waals surface area contributed by atoms with Gasteiger partial charge in [0.05, 0.1) is 6.61 Å². The fourth-order valence-corrected chi connectivity index (χ4v) is 1.54. The van der Waals surface area contributed by atoms with Gasteiger partial charge in [0.1, 0.15) is 11.6 Å². The van der Waals surface area contributed by atoms with Crippen LogP contribution in [0.1, 0.15) is 12.8 Å². The standard InChI is InChI=1S/C15H22FN3O/c1-3-10-18-15(17-2)19-11-4-5-12-20-14-8-6-13(16)7-9-14/h3,6-9H,1,4-5,10-12H2,2H3,(H2,17,18,19). The molecule has 0 amide bonds. The largest absolute Gasteiger partial charge is 0.494 e. The van der Waals surface area contributed by atoms with E-state index in [0.717, 1.165) is 25.3 Å². The molecule has 4 nitrogen and oxygen atoms in total. The molecule has 0 spiro atoms. The Hall–Kier alpha value is -2.04. The van der Waals surface area contributed by atoms with Crippen molar-refractivity contribution in [2.45, 2.75) is 12.8 Å². The molecule has 0 saturated carbocycles. The second-order valence-corrected chi connectivity index (χ2v) is 4.18. The van der Waals surface area contributed by atoms with Crippen LogP contribution in [-0.2, 0) is 0 Å². The summed E-state index contributed by atoms with van der Waals surface area (Å²) in [5, 5.41) is 6.29. The highest BCUT2D eigenvalue weighted by molar-refractivity contribution is 5.79. The van der Waals surface area contributed by atoms with Gasteiger partial charge < -0.3 is 15.4 Å². The van der Waals surface area contributed by atoms with Gasteiger partial charge in [-0.25, -0.2) is 4.39 Å². The van der Waals surface area contributed by atoms with E-state index >= 15 is 0 Å². The Morgan fingerprint density at radius 2 is 2.05 bits per heavy atom. The lowest BCUT2D eigenvalue weighted by Crippen LogP contribution is -2.37. The summed E-state index contributed by atoms with van der Waals surface area (Å²) in [6, 6.07) is 6.06. The van der Waals surface area contributed by atoms with Gasteiger partial charge in [-0.05, 0) is 37.1 Å². The van der Waals surface area contributed by atoms with Crippen LogP contribution in [0.4, 0.5) is 4.39 Å². The highest BCUT2D eigenvalue weighted by Crippen LogP contribution is 2.11. The Balaban J connectivity index is 2.07. The van der Waals surface area contributed by atoms with Crippen LogP contribution in [0, 0.1) is 5.82 Å². The smallest absolute Gasteiger partial charge is 0.191 e. The summed E-state index contributed by atoms with van der Waals surface area (Å²) in [7, 11) is 1.73. The molecule has 2 N–H and O–H groups in total. The van der Waals surface area contributed by atoms with Gasteiger partial charge in [-0.2, -0.15) is 0 Å². The number of nitrogens with one attached hydrogen (secondary N) is 2. The van der Waals surface area contributed by atoms with Crippen LogP contribution < -0.4 is 15.4 Å². The van der Waals surface area contributed by atoms with Gasteiger partial charge in [0.2, 0.25) is 0 Å². The van der Waals surface area contributed by atoms with Crippen molar-refractivity contribution < 1.29 is 9.13 Å². The minimum Gasteiger partial charge on any atom is -0.494 e. The summed E-state index contributed by atoms with van der Waals surface area (Å²) in [5.74, 6) is 1.21. The van der Waals surface area contributed by atoms with Crippen LogP contribution in [0.25, 0.3) is 0 Å². The van der Waals surface area contributed by atoms with Gasteiger partial charge in [0.25, 0.3) is 0 Å². The molecule has 0 bridgehead atoms. The van der Waals surface area contributed by atoms with Gasteiger partial charge in [-0.3, -0.25) is 4.99 Å². The Labute approximate surface area is 119 Å². The van der Waals surface area contributed by atoms with Gasteiger partial charge in [0, 0.05) is 20.1 Å². The van der Waals surface area contributed by atoms with E-state index in [1.807, 2.05) is 0 Å². The zero-order chi connectivity index (χ0) is 14.6. The average Bonchev–Trinajstić information content (AvgIpc) is 2.47. The molecule has 110 valence electrons. The Bertz CT molecular complexity index is 418. The summed E-state index contributed by atoms with van der Waals surface area (Å²) in [4.78, 5) is 4.08. The highest BCUT2D eigenvalue weighted by atomic mass is 19.1. The number of unbranched alkanes of at least 4 members (excludes halogenated alkanes) is 1. The molecular weight excluding hydrogens is 257 g/mol. The van der Waals surface area contributed by atoms with Crippen molar-refractivity contribution in [3.8, 4) is 5.75 Å². The molecular formula is C15H22FN3O. The number of rotatable bonds is 8. The van der Waals surface area contributed by atoms with Crippen molar-refractivity contribution in [3.63, 3.8) is 0 Å². The van der Waals surface area contributed by atoms with E-state index in [9.17, 15) is 4.39 Å². The number of ether oxygens (including phenoxy) is 1. The minimum absolute atomic E-state index is 0.250. The molecule has 0 saturated heterocycles. The van der Waals surface area contributed by atoms with Gasteiger partial charge in [-0.15, -0.1) is 6.58 Å². The molecule has 0 aliphatic rings. The maximum Gasteiger partial charge on any atom is 0.191 e. The van der Waals surface area contributed by atoms with Crippen molar-refractivity contribution in [2.24, 2.45) is 4.99 Å². The molecule has 5 heteroatoms. The minimum atomic E-state index is -0.250. The van der Waals surface area contributed by atoms with Crippen LogP contribution >= 0.6 is 0 Å². The van der Waals surface area contributed by atoms with Crippen molar-refractivity contribution in [1.29, 1.82) is 0 Å². The van der Waals surface area contributed by atoms with E-state index in [1.54, 1.807) is 25.3 Å². The fraction of sp³-hybridized carbons (Fsp3) is 0.400. The molecule has 1 aromatic rings. The normalized spacial score (nSPS) is 11.0. The molecule has 0 radical (unpaired) electrons. The number of guanidine groups is 1. The summed E-state index contributed by atoms with van der Waals surface area (Å²) in [6.07, 6.45) is 3.67. The monoisotopic (exact) mass is 279 g/mol. The number of aliphatic imine (C=N–C) groups is 1. The molecule has 0 unspecified atom stereocenters. The Morgan fingerprint density at radius 1 is 1.30 bits per heavy atom. The van der Waals surface area contributed by atoms with Crippen molar-refractivity contribution in [2.75, 3.05) is 26.7 Å². The van der Waals surface area contributed by atoms with E-state index in [1.165, 1.54) is 12.1 Å². The third kappa shape index (κ3) is 6.78. The molecule has 1 rings (SSSR count). The predicted octanol–water partition coefficient (Wildman–Crippen LogP) is 2.34. The fourth-order valence-electron chi connectivity index (χ4n) is 1.54. The van der Waals surface area contributed by atoms with Crippen molar-refractivity contribution in [1.82, 2.24) is 10.6 Å². The van der Waals surface area contributed by atoms with E-state index in [4.69, 9.17) is 4.74 Å². The molecule has 0 fully saturated rings. The number of halogens is 1. The van der Waals surface area contributed by atoms with Gasteiger partial charge in [-0.1, -0.05) is 6.08 Å². The summed E-state index contributed by atoms with van der Waals surface area (Å²) < 4.78 is 18.2. The van der Waals surface area contributed by atoms with Crippen LogP contribution in [-0.4, -0.2) is 32.7 Å². The second-order valence-electron chi connectivity index (χ2n) is 4.18. The Kier molecular flexibility index (Phi) is 7.87. The van der Waals surface area contributed by atoms with Crippen LogP contribution in [0.2, 0.25) is 0 Å². The summed E-state index contributed by atoms with van der Waals surface area (Å²) in [6.45, 7) is 5.76. The molecule has 0 aromatic heterocycles. The Morgan fingerprint density at radius 3 is 2.70 bits per heavy atom. The number of hydrogen-bond donors (Lipinski definition) is 2. The average molecular weight is 279 g/mol. The first kappa shape index (κ1) is 16.0. The lowest BCUT2D eigenvalue weighted by molar-refractivity contribution is 0.306. The lowest BCUT2D eigenvalue weighted by atomic mass is 10.3. The number of hydrogen-bond acceptors (Lipinski definition) is 2. The van der Waals surface area contributed by atoms with E-state index in [2.05, 4.69) is 22.2 Å². The summed E-state index contributed by atoms with van der Waals surface area (Å²) in [5.41, 5.74) is 0. The molecule has 0 atom stereocenters. The first-order valence-corrected chi connectivity index (χ1v) is 6.70. The van der Waals surface area contributed by atoms with E-state index < -0.39 is 0 Å². The molecule has 20 heavy (non-hydrogen) atoms. The van der Waals surface area contributed by atoms with Crippen LogP contribution in [0.5, 0.6) is 5.75 Å². The third-order valence-electron chi connectivity index (χ3n) is 2.58.